The average molecular weight is 728 g/mol. The first-order valence-electron chi connectivity index (χ1n) is 21.0. The van der Waals surface area contributed by atoms with Gasteiger partial charge in [-0.1, -0.05) is 105 Å². The molecule has 0 amide bonds. The van der Waals surface area contributed by atoms with Gasteiger partial charge in [-0.2, -0.15) is 11.8 Å². The summed E-state index contributed by atoms with van der Waals surface area (Å²) in [5.74, 6) is 1.46. The summed E-state index contributed by atoms with van der Waals surface area (Å²) in [7, 11) is 4.00. The first kappa shape index (κ1) is 48.7. The van der Waals surface area contributed by atoms with Crippen molar-refractivity contribution in [2.24, 2.45) is 5.92 Å². The Morgan fingerprint density at radius 1 is 0.540 bits per heavy atom. The van der Waals surface area contributed by atoms with Crippen molar-refractivity contribution >= 4 is 29.7 Å². The zero-order chi connectivity index (χ0) is 37.1. The molecule has 1 atom stereocenters. The maximum atomic E-state index is 12.9. The lowest BCUT2D eigenvalue weighted by atomic mass is 10.0. The number of unbranched alkanes of at least 4 members (excludes halogenated alkanes) is 14. The number of ether oxygens (including phenoxy) is 3. The van der Waals surface area contributed by atoms with Crippen molar-refractivity contribution in [1.29, 1.82) is 0 Å². The van der Waals surface area contributed by atoms with Gasteiger partial charge in [0.05, 0.1) is 12.5 Å². The van der Waals surface area contributed by atoms with Crippen LogP contribution in [-0.2, 0) is 28.6 Å². The molecule has 0 heterocycles. The Morgan fingerprint density at radius 3 is 1.38 bits per heavy atom. The minimum absolute atomic E-state index is 0.0261. The molecular weight excluding hydrogens is 647 g/mol. The molecule has 7 nitrogen and oxygen atoms in total. The smallest absolute Gasteiger partial charge is 0.311 e. The SMILES string of the molecule is CCCCCC(CCCCC)OC(=O)CCCCCCOC(=O)C(CSCCCCCCC(=O)OC(CCCCC)CCCCC)CN(C)C. The van der Waals surface area contributed by atoms with Crippen LogP contribution in [0.2, 0.25) is 0 Å². The summed E-state index contributed by atoms with van der Waals surface area (Å²) < 4.78 is 17.4. The summed E-state index contributed by atoms with van der Waals surface area (Å²) in [4.78, 5) is 39.8. The van der Waals surface area contributed by atoms with E-state index in [1.54, 1.807) is 0 Å². The highest BCUT2D eigenvalue weighted by Crippen LogP contribution is 2.19. The quantitative estimate of drug-likeness (QED) is 0.0355. The van der Waals surface area contributed by atoms with E-state index in [9.17, 15) is 14.4 Å². The van der Waals surface area contributed by atoms with E-state index in [-0.39, 0.29) is 36.0 Å². The molecule has 0 bridgehead atoms. The third kappa shape index (κ3) is 31.5. The normalized spacial score (nSPS) is 12.2. The lowest BCUT2D eigenvalue weighted by Gasteiger charge is -2.19. The predicted molar refractivity (Wildman–Crippen MR) is 213 cm³/mol. The van der Waals surface area contributed by atoms with E-state index in [2.05, 4.69) is 32.6 Å². The first-order valence-corrected chi connectivity index (χ1v) is 22.2. The highest BCUT2D eigenvalue weighted by molar-refractivity contribution is 7.99. The first-order chi connectivity index (χ1) is 24.3. The highest BCUT2D eigenvalue weighted by atomic mass is 32.2. The van der Waals surface area contributed by atoms with Gasteiger partial charge in [-0.25, -0.2) is 0 Å². The number of hydrogen-bond donors (Lipinski definition) is 0. The molecular formula is C42H81NO6S. The summed E-state index contributed by atoms with van der Waals surface area (Å²) in [6.45, 7) is 9.95. The molecule has 1 unspecified atom stereocenters. The number of carbonyl (C=O) groups excluding carboxylic acids is 3. The number of esters is 3. The number of rotatable bonds is 37. The summed E-state index contributed by atoms with van der Waals surface area (Å²) in [6, 6.07) is 0. The molecule has 8 heteroatoms. The third-order valence-electron chi connectivity index (χ3n) is 9.29. The van der Waals surface area contributed by atoms with Crippen LogP contribution in [0.4, 0.5) is 0 Å². The second-order valence-corrected chi connectivity index (χ2v) is 15.9. The van der Waals surface area contributed by atoms with Gasteiger partial charge in [0, 0.05) is 25.1 Å². The van der Waals surface area contributed by atoms with Crippen LogP contribution in [0.15, 0.2) is 0 Å². The fourth-order valence-corrected chi connectivity index (χ4v) is 7.31. The molecule has 0 rings (SSSR count). The Hall–Kier alpha value is -1.28. The Kier molecular flexibility index (Phi) is 35.2. The molecule has 0 aliphatic carbocycles. The summed E-state index contributed by atoms with van der Waals surface area (Å²) in [5, 5.41) is 0. The Bertz CT molecular complexity index is 774. The van der Waals surface area contributed by atoms with Gasteiger partial charge in [0.2, 0.25) is 0 Å². The number of nitrogens with zero attached hydrogens (tertiary/aromatic N) is 1. The number of hydrogen-bond acceptors (Lipinski definition) is 8. The molecule has 296 valence electrons. The van der Waals surface area contributed by atoms with Gasteiger partial charge in [0.1, 0.15) is 12.2 Å². The van der Waals surface area contributed by atoms with Crippen LogP contribution in [0.5, 0.6) is 0 Å². The lowest BCUT2D eigenvalue weighted by molar-refractivity contribution is -0.151. The molecule has 0 aromatic rings. The molecule has 0 fully saturated rings. The van der Waals surface area contributed by atoms with Gasteiger partial charge < -0.3 is 19.1 Å². The minimum atomic E-state index is -0.135. The number of carbonyl (C=O) groups is 3. The van der Waals surface area contributed by atoms with E-state index < -0.39 is 0 Å². The maximum absolute atomic E-state index is 12.9. The van der Waals surface area contributed by atoms with Crippen LogP contribution in [0.1, 0.15) is 195 Å². The molecule has 0 N–H and O–H groups in total. The van der Waals surface area contributed by atoms with Crippen molar-refractivity contribution in [2.75, 3.05) is 38.8 Å². The summed E-state index contributed by atoms with van der Waals surface area (Å²) in [6.07, 6.45) is 26.9. The van der Waals surface area contributed by atoms with Gasteiger partial charge in [-0.05, 0) is 96.9 Å². The molecule has 0 radical (unpaired) electrons. The van der Waals surface area contributed by atoms with Crippen molar-refractivity contribution in [3.63, 3.8) is 0 Å². The molecule has 0 saturated carbocycles. The predicted octanol–water partition coefficient (Wildman–Crippen LogP) is 11.5. The molecule has 50 heavy (non-hydrogen) atoms. The van der Waals surface area contributed by atoms with Crippen LogP contribution in [0, 0.1) is 5.92 Å². The second kappa shape index (κ2) is 36.1. The second-order valence-electron chi connectivity index (χ2n) is 14.7. The fourth-order valence-electron chi connectivity index (χ4n) is 6.21. The maximum Gasteiger partial charge on any atom is 0.311 e. The minimum Gasteiger partial charge on any atom is -0.465 e. The average Bonchev–Trinajstić information content (AvgIpc) is 3.08. The van der Waals surface area contributed by atoms with Crippen molar-refractivity contribution in [2.45, 2.75) is 207 Å². The van der Waals surface area contributed by atoms with E-state index in [0.717, 1.165) is 114 Å². The van der Waals surface area contributed by atoms with Gasteiger partial charge in [0.15, 0.2) is 0 Å². The van der Waals surface area contributed by atoms with Crippen LogP contribution in [0.3, 0.4) is 0 Å². The van der Waals surface area contributed by atoms with Gasteiger partial charge in [0.25, 0.3) is 0 Å². The van der Waals surface area contributed by atoms with Crippen molar-refractivity contribution in [1.82, 2.24) is 4.90 Å². The highest BCUT2D eigenvalue weighted by Gasteiger charge is 2.21. The van der Waals surface area contributed by atoms with Crippen LogP contribution in [-0.4, -0.2) is 73.8 Å². The van der Waals surface area contributed by atoms with Crippen molar-refractivity contribution in [3.05, 3.63) is 0 Å². The van der Waals surface area contributed by atoms with Crippen LogP contribution < -0.4 is 0 Å². The van der Waals surface area contributed by atoms with E-state index in [0.29, 0.717) is 26.0 Å². The Morgan fingerprint density at radius 2 is 0.960 bits per heavy atom. The van der Waals surface area contributed by atoms with Crippen LogP contribution in [0.25, 0.3) is 0 Å². The van der Waals surface area contributed by atoms with E-state index in [1.165, 1.54) is 51.4 Å². The molecule has 0 spiro atoms. The van der Waals surface area contributed by atoms with Crippen molar-refractivity contribution < 1.29 is 28.6 Å². The molecule has 0 aliphatic heterocycles. The zero-order valence-electron chi connectivity index (χ0n) is 33.8. The summed E-state index contributed by atoms with van der Waals surface area (Å²) >= 11 is 1.83. The largest absolute Gasteiger partial charge is 0.465 e. The third-order valence-corrected chi connectivity index (χ3v) is 10.5. The fraction of sp³-hybridized carbons (Fsp3) is 0.929. The van der Waals surface area contributed by atoms with Crippen LogP contribution >= 0.6 is 11.8 Å². The molecule has 0 aliphatic rings. The van der Waals surface area contributed by atoms with Gasteiger partial charge >= 0.3 is 17.9 Å². The van der Waals surface area contributed by atoms with E-state index in [1.807, 2.05) is 25.9 Å². The van der Waals surface area contributed by atoms with Gasteiger partial charge in [-0.15, -0.1) is 0 Å². The molecule has 0 aromatic heterocycles. The standard InChI is InChI=1S/C42H81NO6S/c1-7-11-19-27-38(28-20-12-8-2)48-40(44)31-23-15-17-25-33-47-42(46)37(35-43(5)6)36-50-34-26-18-16-24-32-41(45)49-39(29-21-13-9-3)30-22-14-10-4/h37-39H,7-36H2,1-6H3. The van der Waals surface area contributed by atoms with Gasteiger partial charge in [-0.3, -0.25) is 14.4 Å². The zero-order valence-corrected chi connectivity index (χ0v) is 34.6. The number of thioether (sulfide) groups is 1. The van der Waals surface area contributed by atoms with Crippen molar-refractivity contribution in [3.8, 4) is 0 Å². The monoisotopic (exact) mass is 728 g/mol. The van der Waals surface area contributed by atoms with E-state index in [4.69, 9.17) is 14.2 Å². The molecule has 0 aromatic carbocycles. The Balaban J connectivity index is 4.16. The summed E-state index contributed by atoms with van der Waals surface area (Å²) in [5.41, 5.74) is 0. The molecule has 0 saturated heterocycles. The topological polar surface area (TPSA) is 82.1 Å². The van der Waals surface area contributed by atoms with E-state index >= 15 is 0 Å². The Labute approximate surface area is 313 Å². The lowest BCUT2D eigenvalue weighted by Crippen LogP contribution is -2.31.